The van der Waals surface area contributed by atoms with Crippen molar-refractivity contribution in [3.8, 4) is 0 Å². The topological polar surface area (TPSA) is 70.2 Å². The molecule has 2 aromatic rings. The lowest BCUT2D eigenvalue weighted by molar-refractivity contribution is -0.137. The number of nitrogens with zero attached hydrogens (tertiary/aromatic N) is 3. The zero-order chi connectivity index (χ0) is 20.0. The Kier molecular flexibility index (Phi) is 6.33. The molecule has 6 nitrogen and oxygen atoms in total. The predicted octanol–water partition coefficient (Wildman–Crippen LogP) is 2.87. The number of alkyl halides is 3. The quantitative estimate of drug-likeness (QED) is 0.708. The minimum Gasteiger partial charge on any atom is -0.368 e. The van der Waals surface area contributed by atoms with Crippen LogP contribution in [0.2, 0.25) is 0 Å². The summed E-state index contributed by atoms with van der Waals surface area (Å²) >= 11 is 0. The largest absolute Gasteiger partial charge is 0.416 e. The Balaban J connectivity index is 1.40. The molecule has 1 saturated heterocycles. The van der Waals surface area contributed by atoms with E-state index in [0.29, 0.717) is 24.5 Å². The molecule has 1 aliphatic heterocycles. The van der Waals surface area contributed by atoms with Crippen LogP contribution in [0.1, 0.15) is 24.0 Å². The third-order valence-electron chi connectivity index (χ3n) is 4.48. The van der Waals surface area contributed by atoms with Crippen LogP contribution in [0.5, 0.6) is 0 Å². The van der Waals surface area contributed by atoms with Crippen LogP contribution in [-0.4, -0.2) is 42.1 Å². The molecule has 28 heavy (non-hydrogen) atoms. The third-order valence-corrected chi connectivity index (χ3v) is 4.48. The van der Waals surface area contributed by atoms with Crippen LogP contribution in [-0.2, 0) is 17.4 Å². The number of rotatable bonds is 7. The molecule has 2 N–H and O–H groups in total. The van der Waals surface area contributed by atoms with Gasteiger partial charge >= 0.3 is 6.18 Å². The lowest BCUT2D eigenvalue weighted by atomic mass is 10.1. The van der Waals surface area contributed by atoms with Gasteiger partial charge in [0, 0.05) is 32.2 Å². The van der Waals surface area contributed by atoms with Crippen LogP contribution in [0.15, 0.2) is 36.7 Å². The van der Waals surface area contributed by atoms with E-state index in [2.05, 4.69) is 25.5 Å². The Morgan fingerprint density at radius 3 is 2.46 bits per heavy atom. The summed E-state index contributed by atoms with van der Waals surface area (Å²) in [4.78, 5) is 22.6. The smallest absolute Gasteiger partial charge is 0.368 e. The highest BCUT2D eigenvalue weighted by molar-refractivity contribution is 5.78. The van der Waals surface area contributed by atoms with Gasteiger partial charge in [0.05, 0.1) is 12.0 Å². The molecule has 0 atom stereocenters. The van der Waals surface area contributed by atoms with Crippen molar-refractivity contribution in [1.82, 2.24) is 15.3 Å². The number of amides is 1. The van der Waals surface area contributed by atoms with Gasteiger partial charge in [-0.25, -0.2) is 9.97 Å². The molecular formula is C19H22F3N5O. The lowest BCUT2D eigenvalue weighted by Gasteiger charge is -2.16. The second-order valence-electron chi connectivity index (χ2n) is 6.60. The number of aromatic nitrogens is 2. The fraction of sp³-hybridized carbons (Fsp3) is 0.421. The van der Waals surface area contributed by atoms with Gasteiger partial charge in [0.1, 0.15) is 18.0 Å². The van der Waals surface area contributed by atoms with E-state index in [-0.39, 0.29) is 12.3 Å². The number of nitrogens with one attached hydrogen (secondary N) is 2. The third kappa shape index (κ3) is 5.58. The highest BCUT2D eigenvalue weighted by Gasteiger charge is 2.29. The van der Waals surface area contributed by atoms with Crippen molar-refractivity contribution in [2.45, 2.75) is 25.4 Å². The predicted molar refractivity (Wildman–Crippen MR) is 100 cm³/mol. The van der Waals surface area contributed by atoms with Crippen molar-refractivity contribution in [3.63, 3.8) is 0 Å². The summed E-state index contributed by atoms with van der Waals surface area (Å²) in [5.74, 6) is 1.33. The van der Waals surface area contributed by atoms with Crippen molar-refractivity contribution < 1.29 is 18.0 Å². The maximum absolute atomic E-state index is 12.5. The van der Waals surface area contributed by atoms with Crippen LogP contribution in [0.3, 0.4) is 0 Å². The van der Waals surface area contributed by atoms with Gasteiger partial charge in [-0.05, 0) is 30.5 Å². The molecule has 2 heterocycles. The Morgan fingerprint density at radius 1 is 1.07 bits per heavy atom. The summed E-state index contributed by atoms with van der Waals surface area (Å²) < 4.78 is 37.6. The maximum atomic E-state index is 12.5. The molecule has 0 bridgehead atoms. The van der Waals surface area contributed by atoms with E-state index in [1.54, 1.807) is 0 Å². The van der Waals surface area contributed by atoms with Crippen LogP contribution in [0, 0.1) is 0 Å². The standard InChI is InChI=1S/C19H22F3N5O/c20-19(21,22)15-5-3-14(4-6-15)11-18(28)24-8-7-23-16-12-17(26-13-25-16)27-9-1-2-10-27/h3-6,12-13H,1-2,7-11H2,(H,24,28)(H,23,25,26). The Hall–Kier alpha value is -2.84. The average molecular weight is 393 g/mol. The van der Waals surface area contributed by atoms with Crippen LogP contribution in [0.25, 0.3) is 0 Å². The van der Waals surface area contributed by atoms with Crippen molar-refractivity contribution >= 4 is 17.5 Å². The summed E-state index contributed by atoms with van der Waals surface area (Å²) in [6.07, 6.45) is -0.499. The monoisotopic (exact) mass is 393 g/mol. The Bertz CT molecular complexity index is 789. The van der Waals surface area contributed by atoms with Crippen LogP contribution >= 0.6 is 0 Å². The van der Waals surface area contributed by atoms with E-state index in [1.807, 2.05) is 6.07 Å². The first-order valence-electron chi connectivity index (χ1n) is 9.15. The van der Waals surface area contributed by atoms with E-state index in [9.17, 15) is 18.0 Å². The zero-order valence-electron chi connectivity index (χ0n) is 15.3. The molecule has 0 spiro atoms. The van der Waals surface area contributed by atoms with Crippen LogP contribution in [0.4, 0.5) is 24.8 Å². The lowest BCUT2D eigenvalue weighted by Crippen LogP contribution is -2.30. The van der Waals surface area contributed by atoms with Gasteiger partial charge in [-0.2, -0.15) is 13.2 Å². The fourth-order valence-electron chi connectivity index (χ4n) is 3.01. The van der Waals surface area contributed by atoms with E-state index in [0.717, 1.165) is 43.9 Å². The Labute approximate surface area is 161 Å². The molecule has 1 aromatic carbocycles. The second-order valence-corrected chi connectivity index (χ2v) is 6.60. The van der Waals surface area contributed by atoms with Crippen LogP contribution < -0.4 is 15.5 Å². The highest BCUT2D eigenvalue weighted by atomic mass is 19.4. The van der Waals surface area contributed by atoms with Gasteiger partial charge < -0.3 is 15.5 Å². The zero-order valence-corrected chi connectivity index (χ0v) is 15.3. The number of halogens is 3. The number of carbonyl (C=O) groups excluding carboxylic acids is 1. The molecule has 9 heteroatoms. The van der Waals surface area contributed by atoms with Crippen molar-refractivity contribution in [2.24, 2.45) is 0 Å². The first kappa shape index (κ1) is 19.9. The van der Waals surface area contributed by atoms with E-state index >= 15 is 0 Å². The summed E-state index contributed by atoms with van der Waals surface area (Å²) in [6, 6.07) is 6.49. The summed E-state index contributed by atoms with van der Waals surface area (Å²) in [7, 11) is 0. The molecule has 1 fully saturated rings. The SMILES string of the molecule is O=C(Cc1ccc(C(F)(F)F)cc1)NCCNc1cc(N2CCCC2)ncn1. The van der Waals surface area contributed by atoms with Crippen molar-refractivity contribution in [1.29, 1.82) is 0 Å². The number of hydrogen-bond donors (Lipinski definition) is 2. The molecular weight excluding hydrogens is 371 g/mol. The minimum atomic E-state index is -4.37. The molecule has 0 saturated carbocycles. The van der Waals surface area contributed by atoms with Crippen molar-refractivity contribution in [2.75, 3.05) is 36.4 Å². The van der Waals surface area contributed by atoms with Gasteiger partial charge in [-0.3, -0.25) is 4.79 Å². The molecule has 1 aromatic heterocycles. The summed E-state index contributed by atoms with van der Waals surface area (Å²) in [5.41, 5.74) is -0.191. The van der Waals surface area contributed by atoms with Crippen molar-refractivity contribution in [3.05, 3.63) is 47.8 Å². The number of hydrogen-bond acceptors (Lipinski definition) is 5. The van der Waals surface area contributed by atoms with E-state index in [4.69, 9.17) is 0 Å². The Morgan fingerprint density at radius 2 is 1.79 bits per heavy atom. The summed E-state index contributed by atoms with van der Waals surface area (Å²) in [6.45, 7) is 2.85. The second kappa shape index (κ2) is 8.90. The number of anilines is 2. The molecule has 150 valence electrons. The van der Waals surface area contributed by atoms with Gasteiger partial charge in [0.25, 0.3) is 0 Å². The molecule has 1 aliphatic rings. The van der Waals surface area contributed by atoms with Gasteiger partial charge in [0.15, 0.2) is 0 Å². The summed E-state index contributed by atoms with van der Waals surface area (Å²) in [5, 5.41) is 5.87. The molecule has 1 amide bonds. The molecule has 0 radical (unpaired) electrons. The average Bonchev–Trinajstić information content (AvgIpc) is 3.20. The van der Waals surface area contributed by atoms with E-state index in [1.165, 1.54) is 18.5 Å². The van der Waals surface area contributed by atoms with Gasteiger partial charge in [0.2, 0.25) is 5.91 Å². The highest BCUT2D eigenvalue weighted by Crippen LogP contribution is 2.29. The van der Waals surface area contributed by atoms with E-state index < -0.39 is 11.7 Å². The van der Waals surface area contributed by atoms with Gasteiger partial charge in [-0.1, -0.05) is 12.1 Å². The minimum absolute atomic E-state index is 0.0325. The first-order chi connectivity index (χ1) is 13.4. The maximum Gasteiger partial charge on any atom is 0.416 e. The fourth-order valence-corrected chi connectivity index (χ4v) is 3.01. The first-order valence-corrected chi connectivity index (χ1v) is 9.15. The normalized spacial score (nSPS) is 14.2. The molecule has 3 rings (SSSR count). The number of benzene rings is 1. The van der Waals surface area contributed by atoms with Gasteiger partial charge in [-0.15, -0.1) is 0 Å². The number of carbonyl (C=O) groups is 1. The molecule has 0 aliphatic carbocycles. The molecule has 0 unspecified atom stereocenters.